The molecule has 3 N–H and O–H groups in total. The highest BCUT2D eigenvalue weighted by Gasteiger charge is 2.34. The van der Waals surface area contributed by atoms with Crippen LogP contribution in [-0.4, -0.2) is 40.4 Å². The highest BCUT2D eigenvalue weighted by atomic mass is 16.4. The van der Waals surface area contributed by atoms with Gasteiger partial charge >= 0.3 is 5.97 Å². The first-order chi connectivity index (χ1) is 9.90. The van der Waals surface area contributed by atoms with Crippen molar-refractivity contribution in [2.45, 2.75) is 25.8 Å². The summed E-state index contributed by atoms with van der Waals surface area (Å²) in [5, 5.41) is 8.98. The van der Waals surface area contributed by atoms with Gasteiger partial charge in [0.25, 0.3) is 5.91 Å². The summed E-state index contributed by atoms with van der Waals surface area (Å²) in [4.78, 5) is 36.5. The maximum atomic E-state index is 12.5. The number of aromatic carboxylic acids is 1. The molecule has 1 aromatic rings. The number of carbonyl (C=O) groups excluding carboxylic acids is 2. The van der Waals surface area contributed by atoms with E-state index in [0.29, 0.717) is 18.9 Å². The number of carbonyl (C=O) groups is 3. The summed E-state index contributed by atoms with van der Waals surface area (Å²) < 4.78 is 0. The van der Waals surface area contributed by atoms with Gasteiger partial charge in [-0.25, -0.2) is 4.79 Å². The summed E-state index contributed by atoms with van der Waals surface area (Å²) in [6, 6.07) is 5.17. The van der Waals surface area contributed by atoms with Crippen molar-refractivity contribution >= 4 is 17.8 Å². The third kappa shape index (κ3) is 3.21. The SMILES string of the molecule is CC1CCN(C(=O)c2cccc(C(=O)O)c2)C(C(N)=O)C1. The van der Waals surface area contributed by atoms with Crippen LogP contribution >= 0.6 is 0 Å². The second-order valence-corrected chi connectivity index (χ2v) is 5.43. The molecule has 6 nitrogen and oxygen atoms in total. The van der Waals surface area contributed by atoms with E-state index in [4.69, 9.17) is 10.8 Å². The molecule has 2 amide bonds. The molecule has 1 saturated heterocycles. The first-order valence-corrected chi connectivity index (χ1v) is 6.83. The number of hydrogen-bond acceptors (Lipinski definition) is 3. The van der Waals surface area contributed by atoms with Crippen LogP contribution in [0.1, 0.15) is 40.5 Å². The Kier molecular flexibility index (Phi) is 4.26. The molecular weight excluding hydrogens is 272 g/mol. The molecule has 2 unspecified atom stereocenters. The summed E-state index contributed by atoms with van der Waals surface area (Å²) in [5.74, 6) is -1.64. The van der Waals surface area contributed by atoms with Crippen molar-refractivity contribution in [2.75, 3.05) is 6.54 Å². The van der Waals surface area contributed by atoms with Crippen LogP contribution in [0.5, 0.6) is 0 Å². The minimum absolute atomic E-state index is 0.0434. The summed E-state index contributed by atoms with van der Waals surface area (Å²) in [6.45, 7) is 2.47. The van der Waals surface area contributed by atoms with Gasteiger partial charge in [0.1, 0.15) is 6.04 Å². The van der Waals surface area contributed by atoms with E-state index in [1.165, 1.54) is 23.1 Å². The first kappa shape index (κ1) is 15.0. The van der Waals surface area contributed by atoms with Crippen LogP contribution < -0.4 is 5.73 Å². The third-order valence-electron chi connectivity index (χ3n) is 3.81. The molecular formula is C15H18N2O4. The van der Waals surface area contributed by atoms with E-state index in [1.54, 1.807) is 6.07 Å². The number of primary amides is 1. The van der Waals surface area contributed by atoms with Crippen LogP contribution in [0.25, 0.3) is 0 Å². The Labute approximate surface area is 122 Å². The number of amides is 2. The van der Waals surface area contributed by atoms with Crippen LogP contribution in [0.4, 0.5) is 0 Å². The molecule has 0 spiro atoms. The maximum Gasteiger partial charge on any atom is 0.335 e. The zero-order valence-corrected chi connectivity index (χ0v) is 11.8. The van der Waals surface area contributed by atoms with Crippen LogP contribution in [0.2, 0.25) is 0 Å². The number of nitrogens with two attached hydrogens (primary N) is 1. The Morgan fingerprint density at radius 1 is 1.29 bits per heavy atom. The molecule has 1 fully saturated rings. The number of carboxylic acids is 1. The molecule has 1 aliphatic heterocycles. The molecule has 21 heavy (non-hydrogen) atoms. The monoisotopic (exact) mass is 290 g/mol. The summed E-state index contributed by atoms with van der Waals surface area (Å²) in [5.41, 5.74) is 5.69. The molecule has 6 heteroatoms. The molecule has 2 rings (SSSR count). The van der Waals surface area contributed by atoms with Crippen molar-refractivity contribution in [3.63, 3.8) is 0 Å². The molecule has 1 heterocycles. The number of carboxylic acid groups (broad SMARTS) is 1. The first-order valence-electron chi connectivity index (χ1n) is 6.83. The minimum Gasteiger partial charge on any atom is -0.478 e. The van der Waals surface area contributed by atoms with E-state index < -0.39 is 17.9 Å². The normalized spacial score (nSPS) is 21.9. The fraction of sp³-hybridized carbons (Fsp3) is 0.400. The van der Waals surface area contributed by atoms with Gasteiger partial charge < -0.3 is 15.7 Å². The molecule has 112 valence electrons. The summed E-state index contributed by atoms with van der Waals surface area (Å²) in [6.07, 6.45) is 1.34. The predicted octanol–water partition coefficient (Wildman–Crippen LogP) is 1.11. The molecule has 1 aliphatic rings. The van der Waals surface area contributed by atoms with Crippen LogP contribution in [0, 0.1) is 5.92 Å². The molecule has 0 bridgehead atoms. The maximum absolute atomic E-state index is 12.5. The lowest BCUT2D eigenvalue weighted by Gasteiger charge is -2.36. The fourth-order valence-corrected chi connectivity index (χ4v) is 2.61. The van der Waals surface area contributed by atoms with Crippen LogP contribution in [-0.2, 0) is 4.79 Å². The Morgan fingerprint density at radius 2 is 1.95 bits per heavy atom. The molecule has 0 saturated carbocycles. The van der Waals surface area contributed by atoms with E-state index in [0.717, 1.165) is 6.42 Å². The zero-order valence-electron chi connectivity index (χ0n) is 11.8. The minimum atomic E-state index is -1.09. The Morgan fingerprint density at radius 3 is 2.57 bits per heavy atom. The van der Waals surface area contributed by atoms with E-state index in [1.807, 2.05) is 6.92 Å². The Balaban J connectivity index is 2.27. The molecule has 0 radical (unpaired) electrons. The van der Waals surface area contributed by atoms with Gasteiger partial charge in [-0.05, 0) is 37.0 Å². The van der Waals surface area contributed by atoms with E-state index in [9.17, 15) is 14.4 Å². The standard InChI is InChI=1S/C15H18N2O4/c1-9-5-6-17(12(7-9)13(16)18)14(19)10-3-2-4-11(8-10)15(20)21/h2-4,8-9,12H,5-7H2,1H3,(H2,16,18)(H,20,21). The second-order valence-electron chi connectivity index (χ2n) is 5.43. The zero-order chi connectivity index (χ0) is 15.6. The number of benzene rings is 1. The number of nitrogens with zero attached hydrogens (tertiary/aromatic N) is 1. The van der Waals surface area contributed by atoms with E-state index >= 15 is 0 Å². The fourth-order valence-electron chi connectivity index (χ4n) is 2.61. The van der Waals surface area contributed by atoms with Gasteiger partial charge in [-0.3, -0.25) is 9.59 Å². The van der Waals surface area contributed by atoms with Gasteiger partial charge in [0.05, 0.1) is 5.56 Å². The van der Waals surface area contributed by atoms with E-state index in [-0.39, 0.29) is 17.0 Å². The van der Waals surface area contributed by atoms with Gasteiger partial charge in [-0.15, -0.1) is 0 Å². The van der Waals surface area contributed by atoms with Crippen molar-refractivity contribution in [1.82, 2.24) is 4.90 Å². The van der Waals surface area contributed by atoms with Gasteiger partial charge in [0.2, 0.25) is 5.91 Å². The Hall–Kier alpha value is -2.37. The lowest BCUT2D eigenvalue weighted by atomic mass is 9.91. The highest BCUT2D eigenvalue weighted by molar-refractivity contribution is 5.99. The average Bonchev–Trinajstić information content (AvgIpc) is 2.46. The Bertz CT molecular complexity index is 585. The molecule has 0 aliphatic carbocycles. The largest absolute Gasteiger partial charge is 0.478 e. The third-order valence-corrected chi connectivity index (χ3v) is 3.81. The number of likely N-dealkylation sites (tertiary alicyclic amines) is 1. The predicted molar refractivity (Wildman–Crippen MR) is 75.8 cm³/mol. The van der Waals surface area contributed by atoms with Gasteiger partial charge in [0.15, 0.2) is 0 Å². The topological polar surface area (TPSA) is 101 Å². The van der Waals surface area contributed by atoms with Crippen molar-refractivity contribution in [3.05, 3.63) is 35.4 Å². The highest BCUT2D eigenvalue weighted by Crippen LogP contribution is 2.24. The van der Waals surface area contributed by atoms with Crippen LogP contribution in [0.3, 0.4) is 0 Å². The summed E-state index contributed by atoms with van der Waals surface area (Å²) in [7, 11) is 0. The molecule has 2 atom stereocenters. The van der Waals surface area contributed by atoms with Crippen molar-refractivity contribution in [2.24, 2.45) is 11.7 Å². The van der Waals surface area contributed by atoms with Gasteiger partial charge in [0, 0.05) is 12.1 Å². The summed E-state index contributed by atoms with van der Waals surface area (Å²) >= 11 is 0. The van der Waals surface area contributed by atoms with Crippen molar-refractivity contribution in [1.29, 1.82) is 0 Å². The average molecular weight is 290 g/mol. The number of rotatable bonds is 3. The lowest BCUT2D eigenvalue weighted by molar-refractivity contribution is -0.124. The smallest absolute Gasteiger partial charge is 0.335 e. The van der Waals surface area contributed by atoms with Gasteiger partial charge in [-0.1, -0.05) is 13.0 Å². The van der Waals surface area contributed by atoms with Crippen LogP contribution in [0.15, 0.2) is 24.3 Å². The lowest BCUT2D eigenvalue weighted by Crippen LogP contribution is -2.52. The van der Waals surface area contributed by atoms with E-state index in [2.05, 4.69) is 0 Å². The van der Waals surface area contributed by atoms with Crippen molar-refractivity contribution < 1.29 is 19.5 Å². The second kappa shape index (κ2) is 5.95. The number of hydrogen-bond donors (Lipinski definition) is 2. The van der Waals surface area contributed by atoms with Crippen molar-refractivity contribution in [3.8, 4) is 0 Å². The molecule has 0 aromatic heterocycles. The molecule has 1 aromatic carbocycles. The number of piperidine rings is 1. The van der Waals surface area contributed by atoms with Gasteiger partial charge in [-0.2, -0.15) is 0 Å². The quantitative estimate of drug-likeness (QED) is 0.870.